The lowest BCUT2D eigenvalue weighted by molar-refractivity contribution is -0.384. The Labute approximate surface area is 148 Å². The molecule has 8 heteroatoms. The number of nitrogens with zero attached hydrogens (tertiary/aromatic N) is 1. The van der Waals surface area contributed by atoms with Gasteiger partial charge < -0.3 is 10.4 Å². The number of carbonyl (C=O) groups excluding carboxylic acids is 1. The molecule has 0 spiro atoms. The van der Waals surface area contributed by atoms with E-state index in [1.54, 1.807) is 18.2 Å². The van der Waals surface area contributed by atoms with Crippen LogP contribution in [0.3, 0.4) is 0 Å². The average molecular weight is 369 g/mol. The fourth-order valence-electron chi connectivity index (χ4n) is 2.07. The number of rotatable bonds is 6. The summed E-state index contributed by atoms with van der Waals surface area (Å²) in [7, 11) is 0. The molecule has 0 heterocycles. The third-order valence-electron chi connectivity index (χ3n) is 3.38. The van der Waals surface area contributed by atoms with Gasteiger partial charge in [0.15, 0.2) is 0 Å². The summed E-state index contributed by atoms with van der Waals surface area (Å²) in [6, 6.07) is 10.4. The maximum absolute atomic E-state index is 12.0. The summed E-state index contributed by atoms with van der Waals surface area (Å²) < 4.78 is 0. The van der Waals surface area contributed by atoms with Crippen molar-refractivity contribution in [2.75, 3.05) is 6.54 Å². The van der Waals surface area contributed by atoms with Crippen LogP contribution in [-0.2, 0) is 11.2 Å². The number of amides is 1. The quantitative estimate of drug-likeness (QED) is 0.604. The second kappa shape index (κ2) is 8.10. The van der Waals surface area contributed by atoms with E-state index in [0.29, 0.717) is 21.2 Å². The number of halogens is 2. The monoisotopic (exact) mass is 368 g/mol. The van der Waals surface area contributed by atoms with Crippen LogP contribution >= 0.6 is 23.2 Å². The minimum atomic E-state index is -0.975. The molecule has 0 aliphatic carbocycles. The van der Waals surface area contributed by atoms with E-state index in [1.807, 2.05) is 0 Å². The van der Waals surface area contributed by atoms with Crippen LogP contribution in [0, 0.1) is 10.1 Å². The number of nitrogens with one attached hydrogen (secondary N) is 1. The highest BCUT2D eigenvalue weighted by molar-refractivity contribution is 6.36. The van der Waals surface area contributed by atoms with Crippen LogP contribution in [0.1, 0.15) is 17.2 Å². The molecule has 0 aliphatic heterocycles. The van der Waals surface area contributed by atoms with Crippen LogP contribution in [0.4, 0.5) is 5.69 Å². The summed E-state index contributed by atoms with van der Waals surface area (Å²) in [5, 5.41) is 24.0. The van der Waals surface area contributed by atoms with E-state index in [-0.39, 0.29) is 24.6 Å². The zero-order chi connectivity index (χ0) is 17.7. The van der Waals surface area contributed by atoms with Gasteiger partial charge >= 0.3 is 0 Å². The Morgan fingerprint density at radius 2 is 1.75 bits per heavy atom. The van der Waals surface area contributed by atoms with Crippen molar-refractivity contribution in [3.63, 3.8) is 0 Å². The summed E-state index contributed by atoms with van der Waals surface area (Å²) in [5.41, 5.74) is 0.920. The van der Waals surface area contributed by atoms with Crippen molar-refractivity contribution in [3.05, 3.63) is 73.8 Å². The molecule has 1 atom stereocenters. The van der Waals surface area contributed by atoms with E-state index >= 15 is 0 Å². The second-order valence-electron chi connectivity index (χ2n) is 5.05. The number of hydrogen-bond donors (Lipinski definition) is 2. The Hall–Kier alpha value is -2.15. The van der Waals surface area contributed by atoms with Gasteiger partial charge in [0.05, 0.1) is 17.4 Å². The molecule has 6 nitrogen and oxygen atoms in total. The molecule has 0 fully saturated rings. The van der Waals surface area contributed by atoms with Crippen LogP contribution < -0.4 is 5.32 Å². The van der Waals surface area contributed by atoms with Gasteiger partial charge in [-0.3, -0.25) is 14.9 Å². The molecule has 1 amide bonds. The summed E-state index contributed by atoms with van der Waals surface area (Å²) in [6.45, 7) is -0.0291. The van der Waals surface area contributed by atoms with Crippen molar-refractivity contribution in [2.45, 2.75) is 12.5 Å². The number of aliphatic hydroxyl groups excluding tert-OH is 1. The Morgan fingerprint density at radius 1 is 1.17 bits per heavy atom. The first-order valence-electron chi connectivity index (χ1n) is 7.00. The van der Waals surface area contributed by atoms with E-state index in [9.17, 15) is 20.0 Å². The largest absolute Gasteiger partial charge is 0.387 e. The van der Waals surface area contributed by atoms with Crippen molar-refractivity contribution < 1.29 is 14.8 Å². The number of carbonyl (C=O) groups is 1. The number of nitro groups is 1. The molecule has 0 aromatic heterocycles. The van der Waals surface area contributed by atoms with Gasteiger partial charge in [-0.2, -0.15) is 0 Å². The van der Waals surface area contributed by atoms with E-state index in [4.69, 9.17) is 23.2 Å². The van der Waals surface area contributed by atoms with Crippen LogP contribution in [0.25, 0.3) is 0 Å². The molecule has 24 heavy (non-hydrogen) atoms. The van der Waals surface area contributed by atoms with Crippen LogP contribution in [-0.4, -0.2) is 22.5 Å². The van der Waals surface area contributed by atoms with E-state index in [2.05, 4.69) is 5.32 Å². The zero-order valence-electron chi connectivity index (χ0n) is 12.4. The number of hydrogen-bond acceptors (Lipinski definition) is 4. The highest BCUT2D eigenvalue weighted by Crippen LogP contribution is 2.24. The Morgan fingerprint density at radius 3 is 2.29 bits per heavy atom. The van der Waals surface area contributed by atoms with Gasteiger partial charge in [0.1, 0.15) is 0 Å². The standard InChI is InChI=1S/C16H14Cl2N2O4/c17-13-2-1-3-14(18)12(13)8-16(22)19-9-15(21)10-4-6-11(7-5-10)20(23)24/h1-7,15,21H,8-9H2,(H,19,22)/t15-/m1/s1. The third kappa shape index (κ3) is 4.67. The second-order valence-corrected chi connectivity index (χ2v) is 5.86. The van der Waals surface area contributed by atoms with Crippen molar-refractivity contribution in [1.29, 1.82) is 0 Å². The lowest BCUT2D eigenvalue weighted by atomic mass is 10.1. The predicted molar refractivity (Wildman–Crippen MR) is 91.2 cm³/mol. The molecule has 0 aliphatic rings. The van der Waals surface area contributed by atoms with Gasteiger partial charge in [0.25, 0.3) is 5.69 Å². The highest BCUT2D eigenvalue weighted by Gasteiger charge is 2.14. The Bertz CT molecular complexity index is 730. The molecule has 0 unspecified atom stereocenters. The number of benzene rings is 2. The molecular weight excluding hydrogens is 355 g/mol. The van der Waals surface area contributed by atoms with Crippen molar-refractivity contribution >= 4 is 34.8 Å². The molecule has 2 aromatic carbocycles. The van der Waals surface area contributed by atoms with Gasteiger partial charge in [-0.15, -0.1) is 0 Å². The number of non-ortho nitro benzene ring substituents is 1. The average Bonchev–Trinajstić information content (AvgIpc) is 2.56. The molecule has 2 rings (SSSR count). The van der Waals surface area contributed by atoms with Crippen LogP contribution in [0.15, 0.2) is 42.5 Å². The Balaban J connectivity index is 1.92. The van der Waals surface area contributed by atoms with E-state index in [1.165, 1.54) is 24.3 Å². The maximum Gasteiger partial charge on any atom is 0.269 e. The van der Waals surface area contributed by atoms with Gasteiger partial charge in [-0.1, -0.05) is 29.3 Å². The smallest absolute Gasteiger partial charge is 0.269 e. The molecule has 2 aromatic rings. The predicted octanol–water partition coefficient (Wildman–Crippen LogP) is 3.29. The minimum absolute atomic E-state index is 0.00844. The zero-order valence-corrected chi connectivity index (χ0v) is 13.9. The molecular formula is C16H14Cl2N2O4. The number of aliphatic hydroxyl groups is 1. The highest BCUT2D eigenvalue weighted by atomic mass is 35.5. The van der Waals surface area contributed by atoms with Gasteiger partial charge in [-0.25, -0.2) is 0 Å². The Kier molecular flexibility index (Phi) is 6.14. The fraction of sp³-hybridized carbons (Fsp3) is 0.188. The van der Waals surface area contributed by atoms with Gasteiger partial charge in [-0.05, 0) is 35.4 Å². The van der Waals surface area contributed by atoms with E-state index < -0.39 is 11.0 Å². The summed E-state index contributed by atoms with van der Waals surface area (Å²) in [4.78, 5) is 22.0. The van der Waals surface area contributed by atoms with Gasteiger partial charge in [0, 0.05) is 28.7 Å². The molecule has 0 saturated carbocycles. The third-order valence-corrected chi connectivity index (χ3v) is 4.09. The van der Waals surface area contributed by atoms with E-state index in [0.717, 1.165) is 0 Å². The lowest BCUT2D eigenvalue weighted by Crippen LogP contribution is -2.29. The molecule has 2 N–H and O–H groups in total. The maximum atomic E-state index is 12.0. The molecule has 0 bridgehead atoms. The normalized spacial score (nSPS) is 11.8. The number of nitro benzene ring substituents is 1. The summed E-state index contributed by atoms with van der Waals surface area (Å²) in [6.07, 6.45) is -0.984. The van der Waals surface area contributed by atoms with Gasteiger partial charge in [0.2, 0.25) is 5.91 Å². The van der Waals surface area contributed by atoms with Crippen molar-refractivity contribution in [1.82, 2.24) is 5.32 Å². The topological polar surface area (TPSA) is 92.5 Å². The van der Waals surface area contributed by atoms with Crippen LogP contribution in [0.2, 0.25) is 10.0 Å². The molecule has 0 saturated heterocycles. The SMILES string of the molecule is O=C(Cc1c(Cl)cccc1Cl)NC[C@@H](O)c1ccc([N+](=O)[O-])cc1. The molecule has 126 valence electrons. The van der Waals surface area contributed by atoms with Crippen LogP contribution in [0.5, 0.6) is 0 Å². The first-order chi connectivity index (χ1) is 11.4. The summed E-state index contributed by atoms with van der Waals surface area (Å²) >= 11 is 12.0. The van der Waals surface area contributed by atoms with Crippen molar-refractivity contribution in [3.8, 4) is 0 Å². The first-order valence-corrected chi connectivity index (χ1v) is 7.76. The van der Waals surface area contributed by atoms with Crippen molar-refractivity contribution in [2.24, 2.45) is 0 Å². The fourth-order valence-corrected chi connectivity index (χ4v) is 2.60. The first kappa shape index (κ1) is 18.2. The lowest BCUT2D eigenvalue weighted by Gasteiger charge is -2.13. The minimum Gasteiger partial charge on any atom is -0.387 e. The summed E-state index contributed by atoms with van der Waals surface area (Å²) in [5.74, 6) is -0.342. The molecule has 0 radical (unpaired) electrons.